The first-order valence-electron chi connectivity index (χ1n) is 8.42. The van der Waals surface area contributed by atoms with E-state index in [2.05, 4.69) is 44.7 Å². The number of likely N-dealkylation sites (tertiary alicyclic amines) is 1. The SMILES string of the molecule is O=C(NC1CCN(Cc2ccccc2)C1)c1cn[nH]c1-c1ccsc1. The van der Waals surface area contributed by atoms with Crippen molar-refractivity contribution in [2.24, 2.45) is 0 Å². The van der Waals surface area contributed by atoms with E-state index in [0.29, 0.717) is 5.56 Å². The quantitative estimate of drug-likeness (QED) is 0.742. The minimum absolute atomic E-state index is 0.0542. The summed E-state index contributed by atoms with van der Waals surface area (Å²) in [5, 5.41) is 14.2. The van der Waals surface area contributed by atoms with E-state index in [0.717, 1.165) is 37.3 Å². The van der Waals surface area contributed by atoms with Crippen molar-refractivity contribution in [3.8, 4) is 11.3 Å². The molecule has 25 heavy (non-hydrogen) atoms. The van der Waals surface area contributed by atoms with Crippen LogP contribution in [0.1, 0.15) is 22.3 Å². The van der Waals surface area contributed by atoms with Gasteiger partial charge in [0, 0.05) is 36.6 Å². The number of hydrogen-bond acceptors (Lipinski definition) is 4. The second-order valence-corrected chi connectivity index (χ2v) is 7.13. The Morgan fingerprint density at radius 3 is 3.00 bits per heavy atom. The first-order chi connectivity index (χ1) is 12.3. The molecular weight excluding hydrogens is 332 g/mol. The van der Waals surface area contributed by atoms with Crippen molar-refractivity contribution >= 4 is 17.2 Å². The van der Waals surface area contributed by atoms with Gasteiger partial charge in [-0.15, -0.1) is 0 Å². The monoisotopic (exact) mass is 352 g/mol. The van der Waals surface area contributed by atoms with E-state index in [-0.39, 0.29) is 11.9 Å². The number of rotatable bonds is 5. The molecule has 3 heterocycles. The highest BCUT2D eigenvalue weighted by Gasteiger charge is 2.25. The molecule has 1 aliphatic rings. The molecule has 3 aromatic rings. The molecule has 0 spiro atoms. The third-order valence-electron chi connectivity index (χ3n) is 4.55. The summed E-state index contributed by atoms with van der Waals surface area (Å²) in [7, 11) is 0. The predicted octanol–water partition coefficient (Wildman–Crippen LogP) is 3.14. The van der Waals surface area contributed by atoms with Crippen molar-refractivity contribution in [3.05, 3.63) is 64.5 Å². The largest absolute Gasteiger partial charge is 0.348 e. The first kappa shape index (κ1) is 16.1. The minimum atomic E-state index is -0.0542. The van der Waals surface area contributed by atoms with Gasteiger partial charge in [-0.3, -0.25) is 14.8 Å². The fraction of sp³-hybridized carbons (Fsp3) is 0.263. The Labute approximate surface area is 150 Å². The number of thiophene rings is 1. The van der Waals surface area contributed by atoms with E-state index in [1.54, 1.807) is 17.5 Å². The number of nitrogens with zero attached hydrogens (tertiary/aromatic N) is 2. The molecular formula is C19H20N4OS. The Kier molecular flexibility index (Phi) is 4.63. The second-order valence-electron chi connectivity index (χ2n) is 6.35. The van der Waals surface area contributed by atoms with Gasteiger partial charge in [-0.25, -0.2) is 0 Å². The third-order valence-corrected chi connectivity index (χ3v) is 5.23. The lowest BCUT2D eigenvalue weighted by Gasteiger charge is -2.16. The van der Waals surface area contributed by atoms with E-state index < -0.39 is 0 Å². The van der Waals surface area contributed by atoms with Crippen molar-refractivity contribution in [1.29, 1.82) is 0 Å². The molecule has 2 aromatic heterocycles. The summed E-state index contributed by atoms with van der Waals surface area (Å²) in [5.74, 6) is -0.0542. The molecule has 1 fully saturated rings. The average Bonchev–Trinajstić information content (AvgIpc) is 3.37. The average molecular weight is 352 g/mol. The van der Waals surface area contributed by atoms with E-state index in [9.17, 15) is 4.79 Å². The zero-order valence-electron chi connectivity index (χ0n) is 13.8. The van der Waals surface area contributed by atoms with Crippen LogP contribution in [0.25, 0.3) is 11.3 Å². The Morgan fingerprint density at radius 1 is 1.32 bits per heavy atom. The van der Waals surface area contributed by atoms with E-state index in [4.69, 9.17) is 0 Å². The van der Waals surface area contributed by atoms with Gasteiger partial charge in [0.25, 0.3) is 5.91 Å². The highest BCUT2D eigenvalue weighted by molar-refractivity contribution is 7.08. The number of benzene rings is 1. The van der Waals surface area contributed by atoms with Gasteiger partial charge in [-0.2, -0.15) is 16.4 Å². The van der Waals surface area contributed by atoms with Crippen molar-refractivity contribution in [2.45, 2.75) is 19.0 Å². The summed E-state index contributed by atoms with van der Waals surface area (Å²) in [6.07, 6.45) is 2.59. The topological polar surface area (TPSA) is 61.0 Å². The fourth-order valence-electron chi connectivity index (χ4n) is 3.28. The Morgan fingerprint density at radius 2 is 2.20 bits per heavy atom. The molecule has 0 radical (unpaired) electrons. The Balaban J connectivity index is 1.37. The second kappa shape index (κ2) is 7.21. The van der Waals surface area contributed by atoms with Crippen LogP contribution < -0.4 is 5.32 Å². The van der Waals surface area contributed by atoms with Crippen LogP contribution in [0, 0.1) is 0 Å². The van der Waals surface area contributed by atoms with E-state index >= 15 is 0 Å². The molecule has 1 atom stereocenters. The lowest BCUT2D eigenvalue weighted by atomic mass is 10.1. The lowest BCUT2D eigenvalue weighted by Crippen LogP contribution is -2.37. The van der Waals surface area contributed by atoms with Crippen molar-refractivity contribution < 1.29 is 4.79 Å². The zero-order valence-corrected chi connectivity index (χ0v) is 14.6. The number of carbonyl (C=O) groups is 1. The first-order valence-corrected chi connectivity index (χ1v) is 9.37. The number of hydrogen-bond donors (Lipinski definition) is 2. The molecule has 4 rings (SSSR count). The molecule has 0 saturated carbocycles. The van der Waals surface area contributed by atoms with Crippen LogP contribution in [0.2, 0.25) is 0 Å². The molecule has 1 aliphatic heterocycles. The van der Waals surface area contributed by atoms with Gasteiger partial charge in [0.2, 0.25) is 0 Å². The minimum Gasteiger partial charge on any atom is -0.348 e. The van der Waals surface area contributed by atoms with Gasteiger partial charge >= 0.3 is 0 Å². The van der Waals surface area contributed by atoms with Crippen molar-refractivity contribution in [3.63, 3.8) is 0 Å². The van der Waals surface area contributed by atoms with Crippen LogP contribution in [0.3, 0.4) is 0 Å². The third kappa shape index (κ3) is 3.65. The summed E-state index contributed by atoms with van der Waals surface area (Å²) < 4.78 is 0. The van der Waals surface area contributed by atoms with Gasteiger partial charge < -0.3 is 5.32 Å². The van der Waals surface area contributed by atoms with E-state index in [1.165, 1.54) is 5.56 Å². The smallest absolute Gasteiger partial charge is 0.255 e. The molecule has 0 aliphatic carbocycles. The van der Waals surface area contributed by atoms with Gasteiger partial charge in [0.15, 0.2) is 0 Å². The van der Waals surface area contributed by atoms with Crippen LogP contribution in [-0.2, 0) is 6.54 Å². The predicted molar refractivity (Wildman–Crippen MR) is 99.5 cm³/mol. The number of nitrogens with one attached hydrogen (secondary N) is 2. The van der Waals surface area contributed by atoms with Crippen LogP contribution in [0.4, 0.5) is 0 Å². The molecule has 6 heteroatoms. The number of aromatic amines is 1. The molecule has 128 valence electrons. The van der Waals surface area contributed by atoms with Gasteiger partial charge in [-0.05, 0) is 23.4 Å². The summed E-state index contributed by atoms with van der Waals surface area (Å²) in [4.78, 5) is 15.0. The van der Waals surface area contributed by atoms with Gasteiger partial charge in [0.1, 0.15) is 0 Å². The maximum absolute atomic E-state index is 12.7. The van der Waals surface area contributed by atoms with Crippen molar-refractivity contribution in [1.82, 2.24) is 20.4 Å². The zero-order chi connectivity index (χ0) is 17.1. The molecule has 1 amide bonds. The molecule has 1 aromatic carbocycles. The number of aromatic nitrogens is 2. The van der Waals surface area contributed by atoms with Gasteiger partial charge in [0.05, 0.1) is 17.5 Å². The normalized spacial score (nSPS) is 17.7. The van der Waals surface area contributed by atoms with Crippen LogP contribution >= 0.6 is 11.3 Å². The van der Waals surface area contributed by atoms with Crippen LogP contribution in [0.15, 0.2) is 53.4 Å². The van der Waals surface area contributed by atoms with Crippen molar-refractivity contribution in [2.75, 3.05) is 13.1 Å². The highest BCUT2D eigenvalue weighted by atomic mass is 32.1. The van der Waals surface area contributed by atoms with E-state index in [1.807, 2.05) is 22.9 Å². The summed E-state index contributed by atoms with van der Waals surface area (Å²) >= 11 is 1.61. The highest BCUT2D eigenvalue weighted by Crippen LogP contribution is 2.24. The standard InChI is InChI=1S/C19H20N4OS/c24-19(17-10-20-22-18(17)15-7-9-25-13-15)21-16-6-8-23(12-16)11-14-4-2-1-3-5-14/h1-5,7,9-10,13,16H,6,8,11-12H2,(H,20,22)(H,21,24). The summed E-state index contributed by atoms with van der Waals surface area (Å²) in [6, 6.07) is 12.6. The van der Waals surface area contributed by atoms with Gasteiger partial charge in [-0.1, -0.05) is 30.3 Å². The fourth-order valence-corrected chi connectivity index (χ4v) is 3.93. The van der Waals surface area contributed by atoms with Crippen LogP contribution in [-0.4, -0.2) is 40.1 Å². The molecule has 1 unspecified atom stereocenters. The van der Waals surface area contributed by atoms with Crippen LogP contribution in [0.5, 0.6) is 0 Å². The molecule has 5 nitrogen and oxygen atoms in total. The Hall–Kier alpha value is -2.44. The lowest BCUT2D eigenvalue weighted by molar-refractivity contribution is 0.0938. The maximum Gasteiger partial charge on any atom is 0.255 e. The maximum atomic E-state index is 12.7. The molecule has 2 N–H and O–H groups in total. The number of amides is 1. The summed E-state index contributed by atoms with van der Waals surface area (Å²) in [6.45, 7) is 2.81. The molecule has 1 saturated heterocycles. The number of H-pyrrole nitrogens is 1. The number of carbonyl (C=O) groups excluding carboxylic acids is 1. The Bertz CT molecular complexity index is 828. The molecule has 0 bridgehead atoms. The summed E-state index contributed by atoms with van der Waals surface area (Å²) in [5.41, 5.74) is 3.71.